The normalized spacial score (nSPS) is 14.8. The van der Waals surface area contributed by atoms with E-state index in [4.69, 9.17) is 9.47 Å². The zero-order valence-electron chi connectivity index (χ0n) is 8.54. The zero-order chi connectivity index (χ0) is 10.4. The molecule has 0 aliphatic heterocycles. The average molecular weight is 196 g/mol. The van der Waals surface area contributed by atoms with Crippen LogP contribution in [0.4, 0.5) is 0 Å². The maximum absolute atomic E-state index is 10.9. The van der Waals surface area contributed by atoms with Gasteiger partial charge in [0.1, 0.15) is 13.2 Å². The first-order valence-electron chi connectivity index (χ1n) is 4.84. The Bertz CT molecular complexity index is 249. The summed E-state index contributed by atoms with van der Waals surface area (Å²) < 4.78 is 10.3. The lowest BCUT2D eigenvalue weighted by atomic mass is 10.4. The van der Waals surface area contributed by atoms with Gasteiger partial charge in [-0.2, -0.15) is 0 Å². The van der Waals surface area contributed by atoms with Crippen molar-refractivity contribution in [3.8, 4) is 0 Å². The van der Waals surface area contributed by atoms with E-state index in [1.54, 1.807) is 6.92 Å². The second-order valence-electron chi connectivity index (χ2n) is 3.33. The first-order chi connectivity index (χ1) is 6.70. The lowest BCUT2D eigenvalue weighted by Gasteiger charge is -2.07. The maximum atomic E-state index is 10.9. The molecule has 0 saturated heterocycles. The van der Waals surface area contributed by atoms with Crippen LogP contribution in [-0.4, -0.2) is 19.2 Å². The molecule has 0 saturated carbocycles. The Morgan fingerprint density at radius 1 is 1.57 bits per heavy atom. The fraction of sp³-hybridized carbons (Fsp3) is 0.545. The van der Waals surface area contributed by atoms with Crippen molar-refractivity contribution in [3.63, 3.8) is 0 Å². The Labute approximate surface area is 84.4 Å². The summed E-state index contributed by atoms with van der Waals surface area (Å²) in [5, 5.41) is 0. The maximum Gasteiger partial charge on any atom is 0.333 e. The molecule has 0 amide bonds. The summed E-state index contributed by atoms with van der Waals surface area (Å²) in [6.07, 6.45) is 5.36. The lowest BCUT2D eigenvalue weighted by molar-refractivity contribution is -0.140. The highest BCUT2D eigenvalue weighted by Crippen LogP contribution is 2.17. The number of ether oxygens (including phenoxy) is 2. The van der Waals surface area contributed by atoms with E-state index < -0.39 is 0 Å². The van der Waals surface area contributed by atoms with Gasteiger partial charge >= 0.3 is 5.97 Å². The Hall–Kier alpha value is -1.25. The van der Waals surface area contributed by atoms with E-state index in [0.717, 1.165) is 18.6 Å². The molecule has 0 spiro atoms. The van der Waals surface area contributed by atoms with E-state index in [0.29, 0.717) is 18.8 Å². The van der Waals surface area contributed by atoms with Crippen molar-refractivity contribution in [3.05, 3.63) is 24.0 Å². The summed E-state index contributed by atoms with van der Waals surface area (Å²) in [6, 6.07) is 0. The van der Waals surface area contributed by atoms with Crippen molar-refractivity contribution in [1.82, 2.24) is 0 Å². The topological polar surface area (TPSA) is 35.5 Å². The second-order valence-corrected chi connectivity index (χ2v) is 3.33. The largest absolute Gasteiger partial charge is 0.495 e. The van der Waals surface area contributed by atoms with E-state index in [9.17, 15) is 4.79 Å². The van der Waals surface area contributed by atoms with Crippen LogP contribution >= 0.6 is 0 Å². The van der Waals surface area contributed by atoms with Gasteiger partial charge in [-0.15, -0.1) is 0 Å². The molecular formula is C11H16O3. The van der Waals surface area contributed by atoms with Crippen LogP contribution in [0.3, 0.4) is 0 Å². The third-order valence-corrected chi connectivity index (χ3v) is 1.95. The fourth-order valence-electron chi connectivity index (χ4n) is 1.20. The van der Waals surface area contributed by atoms with Gasteiger partial charge in [0.2, 0.25) is 0 Å². The predicted molar refractivity (Wildman–Crippen MR) is 53.7 cm³/mol. The summed E-state index contributed by atoms with van der Waals surface area (Å²) in [7, 11) is 0. The SMILES string of the molecule is C=C(C)C(=O)OCCOC1=CCCC1. The fourth-order valence-corrected chi connectivity index (χ4v) is 1.20. The quantitative estimate of drug-likeness (QED) is 0.384. The first-order valence-corrected chi connectivity index (χ1v) is 4.84. The summed E-state index contributed by atoms with van der Waals surface area (Å²) in [5.74, 6) is 0.672. The van der Waals surface area contributed by atoms with Crippen molar-refractivity contribution in [2.75, 3.05) is 13.2 Å². The van der Waals surface area contributed by atoms with Gasteiger partial charge < -0.3 is 9.47 Å². The number of carbonyl (C=O) groups excluding carboxylic acids is 1. The third-order valence-electron chi connectivity index (χ3n) is 1.95. The summed E-state index contributed by atoms with van der Waals surface area (Å²) >= 11 is 0. The number of rotatable bonds is 5. The van der Waals surface area contributed by atoms with Crippen LogP contribution in [0, 0.1) is 0 Å². The summed E-state index contributed by atoms with van der Waals surface area (Å²) in [4.78, 5) is 10.9. The average Bonchev–Trinajstić information content (AvgIpc) is 2.64. The molecular weight excluding hydrogens is 180 g/mol. The summed E-state index contributed by atoms with van der Waals surface area (Å²) in [5.41, 5.74) is 0.421. The van der Waals surface area contributed by atoms with Gasteiger partial charge in [0.05, 0.1) is 5.76 Å². The van der Waals surface area contributed by atoms with Gasteiger partial charge in [0.25, 0.3) is 0 Å². The van der Waals surface area contributed by atoms with Gasteiger partial charge in [-0.1, -0.05) is 6.58 Å². The predicted octanol–water partition coefficient (Wildman–Crippen LogP) is 2.19. The minimum atomic E-state index is -0.353. The standard InChI is InChI=1S/C11H16O3/c1-9(2)11(12)14-8-7-13-10-5-3-4-6-10/h5H,1,3-4,6-8H2,2H3. The van der Waals surface area contributed by atoms with Crippen molar-refractivity contribution in [1.29, 1.82) is 0 Å². The molecule has 0 heterocycles. The molecule has 3 heteroatoms. The molecule has 1 aliphatic rings. The number of carbonyl (C=O) groups is 1. The Kier molecular flexibility index (Phi) is 4.23. The van der Waals surface area contributed by atoms with Crippen molar-refractivity contribution in [2.24, 2.45) is 0 Å². The van der Waals surface area contributed by atoms with E-state index in [2.05, 4.69) is 12.7 Å². The molecule has 0 unspecified atom stereocenters. The monoisotopic (exact) mass is 196 g/mol. The number of hydrogen-bond donors (Lipinski definition) is 0. The van der Waals surface area contributed by atoms with Crippen LogP contribution < -0.4 is 0 Å². The van der Waals surface area contributed by atoms with Crippen molar-refractivity contribution >= 4 is 5.97 Å². The van der Waals surface area contributed by atoms with Gasteiger partial charge in [0.15, 0.2) is 0 Å². The number of hydrogen-bond acceptors (Lipinski definition) is 3. The number of allylic oxidation sites excluding steroid dienone is 2. The molecule has 0 aromatic heterocycles. The van der Waals surface area contributed by atoms with E-state index >= 15 is 0 Å². The van der Waals surface area contributed by atoms with E-state index in [1.807, 2.05) is 0 Å². The van der Waals surface area contributed by atoms with Crippen LogP contribution in [0.15, 0.2) is 24.0 Å². The highest BCUT2D eigenvalue weighted by molar-refractivity contribution is 5.86. The molecule has 0 radical (unpaired) electrons. The molecule has 0 bridgehead atoms. The smallest absolute Gasteiger partial charge is 0.333 e. The van der Waals surface area contributed by atoms with E-state index in [1.165, 1.54) is 6.42 Å². The minimum absolute atomic E-state index is 0.295. The van der Waals surface area contributed by atoms with Crippen LogP contribution in [-0.2, 0) is 14.3 Å². The molecule has 1 rings (SSSR count). The van der Waals surface area contributed by atoms with Gasteiger partial charge in [0, 0.05) is 12.0 Å². The van der Waals surface area contributed by atoms with Crippen molar-refractivity contribution in [2.45, 2.75) is 26.2 Å². The Morgan fingerprint density at radius 2 is 2.36 bits per heavy atom. The Morgan fingerprint density at radius 3 is 2.93 bits per heavy atom. The third kappa shape index (κ3) is 3.64. The van der Waals surface area contributed by atoms with Crippen LogP contribution in [0.5, 0.6) is 0 Å². The molecule has 0 aromatic carbocycles. The van der Waals surface area contributed by atoms with Gasteiger partial charge in [-0.05, 0) is 25.8 Å². The molecule has 78 valence electrons. The van der Waals surface area contributed by atoms with Gasteiger partial charge in [-0.3, -0.25) is 0 Å². The highest BCUT2D eigenvalue weighted by Gasteiger charge is 2.06. The second kappa shape index (κ2) is 5.47. The molecule has 0 N–H and O–H groups in total. The minimum Gasteiger partial charge on any atom is -0.495 e. The zero-order valence-corrected chi connectivity index (χ0v) is 8.54. The molecule has 0 aromatic rings. The Balaban J connectivity index is 2.04. The lowest BCUT2D eigenvalue weighted by Crippen LogP contribution is -2.10. The van der Waals surface area contributed by atoms with Crippen LogP contribution in [0.1, 0.15) is 26.2 Å². The highest BCUT2D eigenvalue weighted by atomic mass is 16.6. The molecule has 14 heavy (non-hydrogen) atoms. The molecule has 0 fully saturated rings. The van der Waals surface area contributed by atoms with Crippen LogP contribution in [0.25, 0.3) is 0 Å². The first kappa shape index (κ1) is 10.8. The van der Waals surface area contributed by atoms with Crippen molar-refractivity contribution < 1.29 is 14.3 Å². The molecule has 0 atom stereocenters. The number of esters is 1. The van der Waals surface area contributed by atoms with Crippen LogP contribution in [0.2, 0.25) is 0 Å². The molecule has 1 aliphatic carbocycles. The molecule has 3 nitrogen and oxygen atoms in total. The summed E-state index contributed by atoms with van der Waals surface area (Å²) in [6.45, 7) is 5.84. The van der Waals surface area contributed by atoms with Gasteiger partial charge in [-0.25, -0.2) is 4.79 Å². The van der Waals surface area contributed by atoms with E-state index in [-0.39, 0.29) is 5.97 Å².